The molecule has 0 spiro atoms. The fourth-order valence-corrected chi connectivity index (χ4v) is 3.52. The number of aryl methyl sites for hydroxylation is 2. The lowest BCUT2D eigenvalue weighted by Gasteiger charge is -2.24. The Bertz CT molecular complexity index is 710. The van der Waals surface area contributed by atoms with Crippen molar-refractivity contribution in [2.45, 2.75) is 25.8 Å². The van der Waals surface area contributed by atoms with Crippen LogP contribution >= 0.6 is 15.9 Å². The molecule has 0 radical (unpaired) electrons. The zero-order chi connectivity index (χ0) is 16.4. The second kappa shape index (κ2) is 6.89. The van der Waals surface area contributed by atoms with E-state index in [1.165, 1.54) is 5.69 Å². The zero-order valence-corrected chi connectivity index (χ0v) is 15.1. The van der Waals surface area contributed by atoms with Crippen LogP contribution < -0.4 is 5.32 Å². The molecule has 2 aromatic rings. The number of amides is 1. The van der Waals surface area contributed by atoms with Gasteiger partial charge in [-0.3, -0.25) is 9.69 Å². The first-order valence-corrected chi connectivity index (χ1v) is 8.75. The molecule has 2 heterocycles. The van der Waals surface area contributed by atoms with Gasteiger partial charge >= 0.3 is 0 Å². The van der Waals surface area contributed by atoms with Gasteiger partial charge in [-0.1, -0.05) is 15.9 Å². The molecular formula is C18H22BrN3O. The number of halogens is 1. The SMILES string of the molecule is Cc1cc(NC(=O)CN2CCC[C@@H]2c2cccn2C)ccc1Br. The van der Waals surface area contributed by atoms with Crippen LogP contribution in [0.3, 0.4) is 0 Å². The predicted molar refractivity (Wildman–Crippen MR) is 96.5 cm³/mol. The maximum atomic E-state index is 12.4. The highest BCUT2D eigenvalue weighted by molar-refractivity contribution is 9.10. The van der Waals surface area contributed by atoms with Crippen molar-refractivity contribution in [1.29, 1.82) is 0 Å². The van der Waals surface area contributed by atoms with Crippen LogP contribution in [0, 0.1) is 6.92 Å². The van der Waals surface area contributed by atoms with Crippen LogP contribution in [0.25, 0.3) is 0 Å². The molecule has 1 aromatic carbocycles. The summed E-state index contributed by atoms with van der Waals surface area (Å²) < 4.78 is 3.21. The average molecular weight is 376 g/mol. The molecule has 1 atom stereocenters. The maximum Gasteiger partial charge on any atom is 0.238 e. The van der Waals surface area contributed by atoms with Gasteiger partial charge in [-0.05, 0) is 62.2 Å². The summed E-state index contributed by atoms with van der Waals surface area (Å²) in [6.45, 7) is 3.43. The lowest BCUT2D eigenvalue weighted by Crippen LogP contribution is -2.33. The molecule has 122 valence electrons. The van der Waals surface area contributed by atoms with E-state index in [-0.39, 0.29) is 5.91 Å². The minimum Gasteiger partial charge on any atom is -0.353 e. The topological polar surface area (TPSA) is 37.3 Å². The highest BCUT2D eigenvalue weighted by Gasteiger charge is 2.28. The number of benzene rings is 1. The Hall–Kier alpha value is -1.59. The number of nitrogens with zero attached hydrogens (tertiary/aromatic N) is 2. The molecule has 0 unspecified atom stereocenters. The Labute approximate surface area is 145 Å². The van der Waals surface area contributed by atoms with E-state index in [2.05, 4.69) is 56.1 Å². The minimum atomic E-state index is 0.0489. The summed E-state index contributed by atoms with van der Waals surface area (Å²) in [4.78, 5) is 14.7. The summed E-state index contributed by atoms with van der Waals surface area (Å²) in [5, 5.41) is 3.01. The van der Waals surface area contributed by atoms with Crippen LogP contribution in [0.4, 0.5) is 5.69 Å². The molecule has 1 aliphatic rings. The zero-order valence-electron chi connectivity index (χ0n) is 13.6. The Morgan fingerprint density at radius 2 is 2.22 bits per heavy atom. The summed E-state index contributed by atoms with van der Waals surface area (Å²) in [6, 6.07) is 10.4. The number of rotatable bonds is 4. The molecule has 1 saturated heterocycles. The van der Waals surface area contributed by atoms with Crippen molar-refractivity contribution in [3.8, 4) is 0 Å². The van der Waals surface area contributed by atoms with E-state index in [0.29, 0.717) is 12.6 Å². The van der Waals surface area contributed by atoms with E-state index in [1.54, 1.807) is 0 Å². The highest BCUT2D eigenvalue weighted by atomic mass is 79.9. The molecule has 1 amide bonds. The van der Waals surface area contributed by atoms with Gasteiger partial charge < -0.3 is 9.88 Å². The second-order valence-corrected chi connectivity index (χ2v) is 7.04. The number of likely N-dealkylation sites (tertiary alicyclic amines) is 1. The Balaban J connectivity index is 1.65. The molecule has 1 aromatic heterocycles. The third kappa shape index (κ3) is 3.67. The van der Waals surface area contributed by atoms with Gasteiger partial charge in [-0.25, -0.2) is 0 Å². The van der Waals surface area contributed by atoms with Crippen LogP contribution in [0.15, 0.2) is 41.0 Å². The second-order valence-electron chi connectivity index (χ2n) is 6.18. The molecule has 1 fully saturated rings. The van der Waals surface area contributed by atoms with Crippen LogP contribution in [0.2, 0.25) is 0 Å². The Kier molecular flexibility index (Phi) is 4.87. The van der Waals surface area contributed by atoms with Gasteiger partial charge in [0.25, 0.3) is 0 Å². The highest BCUT2D eigenvalue weighted by Crippen LogP contribution is 2.31. The third-order valence-electron chi connectivity index (χ3n) is 4.48. The van der Waals surface area contributed by atoms with Crippen molar-refractivity contribution in [3.05, 3.63) is 52.3 Å². The monoisotopic (exact) mass is 375 g/mol. The molecule has 23 heavy (non-hydrogen) atoms. The summed E-state index contributed by atoms with van der Waals surface area (Å²) >= 11 is 3.48. The number of carbonyl (C=O) groups is 1. The van der Waals surface area contributed by atoms with E-state index < -0.39 is 0 Å². The van der Waals surface area contributed by atoms with Crippen molar-refractivity contribution >= 4 is 27.5 Å². The Morgan fingerprint density at radius 1 is 1.39 bits per heavy atom. The molecule has 3 rings (SSSR count). The summed E-state index contributed by atoms with van der Waals surface area (Å²) in [6.07, 6.45) is 4.32. The van der Waals surface area contributed by atoms with Gasteiger partial charge in [0.2, 0.25) is 5.91 Å². The summed E-state index contributed by atoms with van der Waals surface area (Å²) in [5.74, 6) is 0.0489. The quantitative estimate of drug-likeness (QED) is 0.880. The first kappa shape index (κ1) is 16.3. The van der Waals surface area contributed by atoms with E-state index in [9.17, 15) is 4.79 Å². The number of anilines is 1. The largest absolute Gasteiger partial charge is 0.353 e. The number of hydrogen-bond acceptors (Lipinski definition) is 2. The van der Waals surface area contributed by atoms with Crippen molar-refractivity contribution in [2.75, 3.05) is 18.4 Å². The number of carbonyl (C=O) groups excluding carboxylic acids is 1. The molecule has 1 aliphatic heterocycles. The predicted octanol–water partition coefficient (Wildman–Crippen LogP) is 3.87. The first-order valence-electron chi connectivity index (χ1n) is 7.96. The molecule has 0 bridgehead atoms. The standard InChI is InChI=1S/C18H22BrN3O/c1-13-11-14(7-8-15(13)19)20-18(23)12-22-10-4-6-17(22)16-5-3-9-21(16)2/h3,5,7-9,11,17H,4,6,10,12H2,1-2H3,(H,20,23)/t17-/m1/s1. The van der Waals surface area contributed by atoms with E-state index in [4.69, 9.17) is 0 Å². The molecule has 0 aliphatic carbocycles. The van der Waals surface area contributed by atoms with Crippen molar-refractivity contribution in [3.63, 3.8) is 0 Å². The lowest BCUT2D eigenvalue weighted by molar-refractivity contribution is -0.117. The van der Waals surface area contributed by atoms with E-state index in [0.717, 1.165) is 35.1 Å². The van der Waals surface area contributed by atoms with Gasteiger partial charge in [0.05, 0.1) is 12.6 Å². The molecule has 4 nitrogen and oxygen atoms in total. The van der Waals surface area contributed by atoms with Crippen LogP contribution in [-0.4, -0.2) is 28.5 Å². The van der Waals surface area contributed by atoms with Crippen LogP contribution in [0.1, 0.15) is 30.1 Å². The minimum absolute atomic E-state index is 0.0489. The molecule has 0 saturated carbocycles. The maximum absolute atomic E-state index is 12.4. The number of nitrogens with one attached hydrogen (secondary N) is 1. The molecule has 5 heteroatoms. The van der Waals surface area contributed by atoms with Gasteiger partial charge in [0.15, 0.2) is 0 Å². The number of hydrogen-bond donors (Lipinski definition) is 1. The first-order chi connectivity index (χ1) is 11.0. The third-order valence-corrected chi connectivity index (χ3v) is 5.37. The van der Waals surface area contributed by atoms with Crippen molar-refractivity contribution < 1.29 is 4.79 Å². The fourth-order valence-electron chi connectivity index (χ4n) is 3.28. The van der Waals surface area contributed by atoms with Crippen LogP contribution in [-0.2, 0) is 11.8 Å². The van der Waals surface area contributed by atoms with Crippen molar-refractivity contribution in [1.82, 2.24) is 9.47 Å². The van der Waals surface area contributed by atoms with Crippen LogP contribution in [0.5, 0.6) is 0 Å². The molecule has 1 N–H and O–H groups in total. The normalized spacial score (nSPS) is 18.3. The van der Waals surface area contributed by atoms with Gasteiger partial charge in [-0.15, -0.1) is 0 Å². The van der Waals surface area contributed by atoms with Gasteiger partial charge in [-0.2, -0.15) is 0 Å². The average Bonchev–Trinajstić information content (AvgIpc) is 3.11. The van der Waals surface area contributed by atoms with Gasteiger partial charge in [0.1, 0.15) is 0 Å². The van der Waals surface area contributed by atoms with Crippen molar-refractivity contribution in [2.24, 2.45) is 7.05 Å². The lowest BCUT2D eigenvalue weighted by atomic mass is 10.1. The Morgan fingerprint density at radius 3 is 2.91 bits per heavy atom. The smallest absolute Gasteiger partial charge is 0.238 e. The van der Waals surface area contributed by atoms with E-state index >= 15 is 0 Å². The van der Waals surface area contributed by atoms with E-state index in [1.807, 2.05) is 25.1 Å². The van der Waals surface area contributed by atoms with Gasteiger partial charge in [0, 0.05) is 29.1 Å². The number of aromatic nitrogens is 1. The molecular weight excluding hydrogens is 354 g/mol. The summed E-state index contributed by atoms with van der Waals surface area (Å²) in [5.41, 5.74) is 3.26. The fraction of sp³-hybridized carbons (Fsp3) is 0.389. The summed E-state index contributed by atoms with van der Waals surface area (Å²) in [7, 11) is 2.07.